The molecule has 0 bridgehead atoms. The molecule has 2 atom stereocenters. The second-order valence-electron chi connectivity index (χ2n) is 8.15. The quantitative estimate of drug-likeness (QED) is 0.816. The lowest BCUT2D eigenvalue weighted by atomic mass is 9.99. The molecule has 0 unspecified atom stereocenters. The van der Waals surface area contributed by atoms with E-state index < -0.39 is 12.2 Å². The Kier molecular flexibility index (Phi) is 5.81. The van der Waals surface area contributed by atoms with E-state index in [-0.39, 0.29) is 18.4 Å². The van der Waals surface area contributed by atoms with E-state index in [9.17, 15) is 14.7 Å². The van der Waals surface area contributed by atoms with Gasteiger partial charge < -0.3 is 19.2 Å². The predicted molar refractivity (Wildman–Crippen MR) is 111 cm³/mol. The first-order chi connectivity index (χ1) is 14.5. The Labute approximate surface area is 176 Å². The van der Waals surface area contributed by atoms with Crippen LogP contribution >= 0.6 is 0 Å². The summed E-state index contributed by atoms with van der Waals surface area (Å²) < 4.78 is 11.2. The fourth-order valence-corrected chi connectivity index (χ4v) is 4.04. The summed E-state index contributed by atoms with van der Waals surface area (Å²) in [6.45, 7) is 5.50. The number of carbonyl (C=O) groups excluding carboxylic acids is 2. The molecule has 2 aliphatic rings. The maximum absolute atomic E-state index is 13.0. The zero-order valence-corrected chi connectivity index (χ0v) is 17.4. The largest absolute Gasteiger partial charge is 0.478 e. The van der Waals surface area contributed by atoms with E-state index in [1.54, 1.807) is 30.3 Å². The summed E-state index contributed by atoms with van der Waals surface area (Å²) in [5.74, 6) is 1.28. The Hall–Kier alpha value is -2.80. The molecular formula is C23H28N2O5. The Morgan fingerprint density at radius 2 is 2.03 bits per heavy atom. The number of furan rings is 1. The highest BCUT2D eigenvalue weighted by Gasteiger charge is 2.36. The SMILES string of the molecule is CC[C@H]1Oc2ccc([C@@H](O)c3ccco3)cc2N(CC(=O)N2CCC(C)CC2)C1=O. The van der Waals surface area contributed by atoms with Crippen LogP contribution in [-0.4, -0.2) is 47.6 Å². The van der Waals surface area contributed by atoms with Crippen LogP contribution in [0.1, 0.15) is 50.5 Å². The molecule has 0 aliphatic carbocycles. The number of nitrogens with zero attached hydrogens (tertiary/aromatic N) is 2. The monoisotopic (exact) mass is 412 g/mol. The molecule has 2 aliphatic heterocycles. The molecule has 1 fully saturated rings. The van der Waals surface area contributed by atoms with Crippen molar-refractivity contribution < 1.29 is 23.8 Å². The lowest BCUT2D eigenvalue weighted by Crippen LogP contribution is -2.51. The first kappa shape index (κ1) is 20.5. The molecule has 1 aromatic heterocycles. The first-order valence-corrected chi connectivity index (χ1v) is 10.6. The van der Waals surface area contributed by atoms with Gasteiger partial charge in [0.05, 0.1) is 12.0 Å². The normalized spacial score (nSPS) is 20.6. The summed E-state index contributed by atoms with van der Waals surface area (Å²) in [5.41, 5.74) is 1.07. The van der Waals surface area contributed by atoms with Crippen LogP contribution in [0.4, 0.5) is 5.69 Å². The van der Waals surface area contributed by atoms with Gasteiger partial charge in [-0.2, -0.15) is 0 Å². The summed E-state index contributed by atoms with van der Waals surface area (Å²) in [6, 6.07) is 8.60. The molecule has 0 saturated carbocycles. The molecular weight excluding hydrogens is 384 g/mol. The first-order valence-electron chi connectivity index (χ1n) is 10.6. The van der Waals surface area contributed by atoms with Gasteiger partial charge in [-0.15, -0.1) is 0 Å². The van der Waals surface area contributed by atoms with Crippen molar-refractivity contribution in [3.05, 3.63) is 47.9 Å². The van der Waals surface area contributed by atoms with Gasteiger partial charge in [0.15, 0.2) is 6.10 Å². The summed E-state index contributed by atoms with van der Waals surface area (Å²) in [6.07, 6.45) is 2.39. The summed E-state index contributed by atoms with van der Waals surface area (Å²) in [7, 11) is 0. The molecule has 1 N–H and O–H groups in total. The third-order valence-corrected chi connectivity index (χ3v) is 6.01. The van der Waals surface area contributed by atoms with E-state index in [0.717, 1.165) is 25.9 Å². The second kappa shape index (κ2) is 8.52. The van der Waals surface area contributed by atoms with Gasteiger partial charge in [0.25, 0.3) is 5.91 Å². The zero-order valence-electron chi connectivity index (χ0n) is 17.4. The number of carbonyl (C=O) groups is 2. The number of aliphatic hydroxyl groups is 1. The minimum absolute atomic E-state index is 0.0274. The van der Waals surface area contributed by atoms with Crippen LogP contribution in [0.25, 0.3) is 0 Å². The van der Waals surface area contributed by atoms with Crippen LogP contribution in [0.2, 0.25) is 0 Å². The fourth-order valence-electron chi connectivity index (χ4n) is 4.04. The van der Waals surface area contributed by atoms with E-state index >= 15 is 0 Å². The number of hydrogen-bond acceptors (Lipinski definition) is 5. The number of piperidine rings is 1. The third kappa shape index (κ3) is 3.94. The highest BCUT2D eigenvalue weighted by Crippen LogP contribution is 2.38. The Morgan fingerprint density at radius 3 is 2.70 bits per heavy atom. The van der Waals surface area contributed by atoms with E-state index in [2.05, 4.69) is 6.92 Å². The van der Waals surface area contributed by atoms with Crippen molar-refractivity contribution in [2.24, 2.45) is 5.92 Å². The van der Waals surface area contributed by atoms with Crippen LogP contribution in [0.5, 0.6) is 5.75 Å². The van der Waals surface area contributed by atoms with Gasteiger partial charge in [-0.3, -0.25) is 14.5 Å². The van der Waals surface area contributed by atoms with Gasteiger partial charge in [0.2, 0.25) is 5.91 Å². The summed E-state index contributed by atoms with van der Waals surface area (Å²) >= 11 is 0. The van der Waals surface area contributed by atoms with Crippen LogP contribution in [0.15, 0.2) is 41.0 Å². The number of amides is 2. The maximum Gasteiger partial charge on any atom is 0.268 e. The highest BCUT2D eigenvalue weighted by atomic mass is 16.5. The van der Waals surface area contributed by atoms with Crippen LogP contribution < -0.4 is 9.64 Å². The summed E-state index contributed by atoms with van der Waals surface area (Å²) in [5, 5.41) is 10.6. The van der Waals surface area contributed by atoms with E-state index in [1.807, 2.05) is 11.8 Å². The van der Waals surface area contributed by atoms with Crippen molar-refractivity contribution in [3.63, 3.8) is 0 Å². The molecule has 2 amide bonds. The minimum Gasteiger partial charge on any atom is -0.478 e. The van der Waals surface area contributed by atoms with Crippen molar-refractivity contribution >= 4 is 17.5 Å². The molecule has 0 spiro atoms. The van der Waals surface area contributed by atoms with Crippen LogP contribution in [0, 0.1) is 5.92 Å². The van der Waals surface area contributed by atoms with Crippen LogP contribution in [0.3, 0.4) is 0 Å². The molecule has 2 aromatic rings. The van der Waals surface area contributed by atoms with Gasteiger partial charge in [-0.1, -0.05) is 19.9 Å². The van der Waals surface area contributed by atoms with Gasteiger partial charge in [0, 0.05) is 13.1 Å². The Bertz CT molecular complexity index is 902. The number of aliphatic hydroxyl groups excluding tert-OH is 1. The van der Waals surface area contributed by atoms with Gasteiger partial charge in [-0.05, 0) is 55.0 Å². The number of rotatable bonds is 5. The van der Waals surface area contributed by atoms with Gasteiger partial charge >= 0.3 is 0 Å². The van der Waals surface area contributed by atoms with Crippen molar-refractivity contribution in [2.75, 3.05) is 24.5 Å². The number of anilines is 1. The molecule has 4 rings (SSSR count). The summed E-state index contributed by atoms with van der Waals surface area (Å²) in [4.78, 5) is 29.3. The highest BCUT2D eigenvalue weighted by molar-refractivity contribution is 6.04. The zero-order chi connectivity index (χ0) is 21.3. The molecule has 3 heterocycles. The molecule has 30 heavy (non-hydrogen) atoms. The molecule has 7 nitrogen and oxygen atoms in total. The number of hydrogen-bond donors (Lipinski definition) is 1. The van der Waals surface area contributed by atoms with Crippen molar-refractivity contribution in [3.8, 4) is 5.75 Å². The predicted octanol–water partition coefficient (Wildman–Crippen LogP) is 3.12. The molecule has 0 radical (unpaired) electrons. The fraction of sp³-hybridized carbons (Fsp3) is 0.478. The van der Waals surface area contributed by atoms with Crippen LogP contribution in [-0.2, 0) is 9.59 Å². The number of ether oxygens (including phenoxy) is 1. The average Bonchev–Trinajstić information content (AvgIpc) is 3.30. The van der Waals surface area contributed by atoms with E-state index in [1.165, 1.54) is 11.2 Å². The van der Waals surface area contributed by atoms with Crippen molar-refractivity contribution in [2.45, 2.75) is 45.3 Å². The molecule has 1 saturated heterocycles. The Morgan fingerprint density at radius 1 is 1.27 bits per heavy atom. The standard InChI is InChI=1S/C23H28N2O5/c1-3-18-23(28)25(14-21(26)24-10-8-15(2)9-11-24)17-13-16(6-7-19(17)30-18)22(27)20-5-4-12-29-20/h4-7,12-13,15,18,22,27H,3,8-11,14H2,1-2H3/t18-,22-/m1/s1. The smallest absolute Gasteiger partial charge is 0.268 e. The number of likely N-dealkylation sites (tertiary alicyclic amines) is 1. The molecule has 1 aromatic carbocycles. The van der Waals surface area contributed by atoms with E-state index in [4.69, 9.17) is 9.15 Å². The Balaban J connectivity index is 1.61. The van der Waals surface area contributed by atoms with Crippen molar-refractivity contribution in [1.82, 2.24) is 4.90 Å². The number of fused-ring (bicyclic) bond motifs is 1. The average molecular weight is 412 g/mol. The molecule has 7 heteroatoms. The van der Waals surface area contributed by atoms with E-state index in [0.29, 0.717) is 35.1 Å². The minimum atomic E-state index is -0.967. The third-order valence-electron chi connectivity index (χ3n) is 6.01. The van der Waals surface area contributed by atoms with Gasteiger partial charge in [-0.25, -0.2) is 0 Å². The number of benzene rings is 1. The van der Waals surface area contributed by atoms with Gasteiger partial charge in [0.1, 0.15) is 24.2 Å². The lowest BCUT2D eigenvalue weighted by Gasteiger charge is -2.36. The lowest BCUT2D eigenvalue weighted by molar-refractivity contribution is -0.134. The topological polar surface area (TPSA) is 83.2 Å². The second-order valence-corrected chi connectivity index (χ2v) is 8.15. The molecule has 160 valence electrons. The maximum atomic E-state index is 13.0. The van der Waals surface area contributed by atoms with Crippen molar-refractivity contribution in [1.29, 1.82) is 0 Å².